The first-order valence-electron chi connectivity index (χ1n) is 9.88. The molecule has 0 spiro atoms. The Kier molecular flexibility index (Phi) is 5.69. The number of rotatable bonds is 5. The lowest BCUT2D eigenvalue weighted by molar-refractivity contribution is -0.907. The number of pyridine rings is 1. The molecule has 2 aliphatic heterocycles. The number of likely N-dealkylation sites (tertiary alicyclic amines) is 1. The minimum absolute atomic E-state index is 0.137. The average molecular weight is 395 g/mol. The maximum Gasteiger partial charge on any atom is 0.295 e. The van der Waals surface area contributed by atoms with Crippen LogP contribution >= 0.6 is 0 Å². The Labute approximate surface area is 169 Å². The predicted octanol–water partition coefficient (Wildman–Crippen LogP) is -0.162. The molecule has 3 heterocycles. The largest absolute Gasteiger partial charge is 0.507 e. The summed E-state index contributed by atoms with van der Waals surface area (Å²) in [5.74, 6) is -1.35. The summed E-state index contributed by atoms with van der Waals surface area (Å²) in [5, 5.41) is 10.9. The predicted molar refractivity (Wildman–Crippen MR) is 105 cm³/mol. The van der Waals surface area contributed by atoms with Gasteiger partial charge in [-0.25, -0.2) is 4.98 Å². The first kappa shape index (κ1) is 19.3. The molecule has 150 valence electrons. The molecule has 2 aromatic rings. The summed E-state index contributed by atoms with van der Waals surface area (Å²) in [6.45, 7) is 4.35. The number of ether oxygens (including phenoxy) is 1. The van der Waals surface area contributed by atoms with Crippen molar-refractivity contribution in [3.63, 3.8) is 0 Å². The second-order valence-corrected chi connectivity index (χ2v) is 7.31. The van der Waals surface area contributed by atoms with E-state index in [1.165, 1.54) is 4.90 Å². The number of hydrogen-bond acceptors (Lipinski definition) is 4. The van der Waals surface area contributed by atoms with Crippen molar-refractivity contribution in [1.82, 2.24) is 4.90 Å². The van der Waals surface area contributed by atoms with Crippen molar-refractivity contribution in [2.75, 3.05) is 39.4 Å². The number of carbonyl (C=O) groups is 2. The van der Waals surface area contributed by atoms with Gasteiger partial charge in [0.1, 0.15) is 18.8 Å². The Morgan fingerprint density at radius 2 is 1.90 bits per heavy atom. The van der Waals surface area contributed by atoms with E-state index in [9.17, 15) is 14.7 Å². The number of morpholine rings is 1. The molecule has 0 bridgehead atoms. The van der Waals surface area contributed by atoms with E-state index in [-0.39, 0.29) is 11.3 Å². The fourth-order valence-corrected chi connectivity index (χ4v) is 3.97. The van der Waals surface area contributed by atoms with Gasteiger partial charge in [0.05, 0.1) is 37.9 Å². The van der Waals surface area contributed by atoms with Gasteiger partial charge in [-0.2, -0.15) is 0 Å². The van der Waals surface area contributed by atoms with Crippen LogP contribution in [0.25, 0.3) is 5.76 Å². The van der Waals surface area contributed by atoms with Gasteiger partial charge in [0.25, 0.3) is 11.7 Å². The fourth-order valence-electron chi connectivity index (χ4n) is 3.97. The number of aliphatic hydroxyl groups is 1. The lowest BCUT2D eigenvalue weighted by atomic mass is 9.96. The summed E-state index contributed by atoms with van der Waals surface area (Å²) in [5.41, 5.74) is 1.42. The quantitative estimate of drug-likeness (QED) is 0.419. The van der Waals surface area contributed by atoms with Crippen LogP contribution < -0.4 is 9.88 Å². The molecular formula is C22H25N3O4+2. The number of hydrogen-bond donors (Lipinski definition) is 2. The maximum atomic E-state index is 12.9. The molecule has 0 radical (unpaired) electrons. The molecule has 1 amide bonds. The van der Waals surface area contributed by atoms with E-state index in [0.717, 1.165) is 25.2 Å². The van der Waals surface area contributed by atoms with E-state index in [1.807, 2.05) is 18.2 Å². The van der Waals surface area contributed by atoms with Gasteiger partial charge in [-0.15, -0.1) is 0 Å². The number of nitrogens with zero attached hydrogens (tertiary/aromatic N) is 1. The molecule has 2 saturated heterocycles. The number of benzene rings is 1. The highest BCUT2D eigenvalue weighted by molar-refractivity contribution is 6.46. The summed E-state index contributed by atoms with van der Waals surface area (Å²) >= 11 is 0. The molecule has 0 saturated carbocycles. The first-order chi connectivity index (χ1) is 14.2. The zero-order valence-electron chi connectivity index (χ0n) is 16.1. The molecule has 7 heteroatoms. The van der Waals surface area contributed by atoms with Crippen LogP contribution in [0.4, 0.5) is 0 Å². The van der Waals surface area contributed by atoms with Crippen molar-refractivity contribution in [3.8, 4) is 0 Å². The molecule has 4 rings (SSSR count). The number of Topliss-reactive ketones (excluding diaryl/α,β-unsaturated/α-hetero) is 1. The van der Waals surface area contributed by atoms with Crippen LogP contribution in [-0.4, -0.2) is 61.1 Å². The molecule has 1 unspecified atom stereocenters. The standard InChI is InChI=1S/C22H23N3O4/c26-20(16-5-2-1-3-6-16)18-19(17-7-4-8-23-15-17)25(22(28)21(18)27)10-9-24-11-13-29-14-12-24/h1-8,15,19,26H,9-14H2/p+2. The smallest absolute Gasteiger partial charge is 0.295 e. The van der Waals surface area contributed by atoms with Crippen molar-refractivity contribution in [2.45, 2.75) is 6.04 Å². The van der Waals surface area contributed by atoms with Crippen molar-refractivity contribution in [1.29, 1.82) is 0 Å². The van der Waals surface area contributed by atoms with Crippen LogP contribution in [0.15, 0.2) is 60.4 Å². The van der Waals surface area contributed by atoms with Crippen LogP contribution in [0.1, 0.15) is 17.2 Å². The van der Waals surface area contributed by atoms with Crippen molar-refractivity contribution >= 4 is 17.4 Å². The summed E-state index contributed by atoms with van der Waals surface area (Å²) in [6, 6.07) is 11.9. The maximum absolute atomic E-state index is 12.9. The van der Waals surface area contributed by atoms with E-state index in [1.54, 1.807) is 41.6 Å². The van der Waals surface area contributed by atoms with Gasteiger partial charge in [-0.1, -0.05) is 30.3 Å². The summed E-state index contributed by atoms with van der Waals surface area (Å²) < 4.78 is 5.40. The van der Waals surface area contributed by atoms with Gasteiger partial charge in [-0.05, 0) is 6.07 Å². The Bertz CT molecular complexity index is 908. The van der Waals surface area contributed by atoms with Crippen LogP contribution in [0, 0.1) is 0 Å². The highest BCUT2D eigenvalue weighted by atomic mass is 16.5. The zero-order chi connectivity index (χ0) is 20.2. The first-order valence-corrected chi connectivity index (χ1v) is 9.88. The fraction of sp³-hybridized carbons (Fsp3) is 0.318. The number of carbonyl (C=O) groups excluding carboxylic acids is 2. The topological polar surface area (TPSA) is 85.4 Å². The SMILES string of the molecule is O=C1C(=O)N(CC[NH+]2CCOCC2)C(c2ccc[nH+]c2)C1=C(O)c1ccccc1. The van der Waals surface area contributed by atoms with Crippen LogP contribution in [0.2, 0.25) is 0 Å². The lowest BCUT2D eigenvalue weighted by Gasteiger charge is -2.28. The van der Waals surface area contributed by atoms with Crippen LogP contribution in [-0.2, 0) is 14.3 Å². The highest BCUT2D eigenvalue weighted by Gasteiger charge is 2.46. The van der Waals surface area contributed by atoms with E-state index < -0.39 is 17.7 Å². The molecule has 1 aromatic heterocycles. The third-order valence-electron chi connectivity index (χ3n) is 5.54. The van der Waals surface area contributed by atoms with E-state index in [4.69, 9.17) is 4.74 Å². The van der Waals surface area contributed by atoms with E-state index in [2.05, 4.69) is 4.98 Å². The molecule has 1 aromatic carbocycles. The van der Waals surface area contributed by atoms with Gasteiger partial charge in [-0.3, -0.25) is 9.59 Å². The summed E-state index contributed by atoms with van der Waals surface area (Å²) in [7, 11) is 0. The molecular weight excluding hydrogens is 370 g/mol. The molecule has 3 N–H and O–H groups in total. The second-order valence-electron chi connectivity index (χ2n) is 7.31. The molecule has 2 fully saturated rings. The Morgan fingerprint density at radius 1 is 1.14 bits per heavy atom. The summed E-state index contributed by atoms with van der Waals surface area (Å²) in [6.07, 6.45) is 3.54. The third-order valence-corrected chi connectivity index (χ3v) is 5.54. The lowest BCUT2D eigenvalue weighted by Crippen LogP contribution is -3.14. The summed E-state index contributed by atoms with van der Waals surface area (Å²) in [4.78, 5) is 31.8. The number of ketones is 1. The molecule has 7 nitrogen and oxygen atoms in total. The van der Waals surface area contributed by atoms with Gasteiger partial charge < -0.3 is 19.6 Å². The van der Waals surface area contributed by atoms with Crippen molar-refractivity contribution < 1.29 is 29.3 Å². The van der Waals surface area contributed by atoms with Gasteiger partial charge in [0.2, 0.25) is 0 Å². The van der Waals surface area contributed by atoms with Gasteiger partial charge in [0, 0.05) is 17.2 Å². The van der Waals surface area contributed by atoms with Gasteiger partial charge in [0.15, 0.2) is 12.4 Å². The number of aromatic nitrogens is 1. The van der Waals surface area contributed by atoms with Crippen LogP contribution in [0.3, 0.4) is 0 Å². The number of quaternary nitrogens is 1. The Balaban J connectivity index is 1.70. The minimum Gasteiger partial charge on any atom is -0.507 e. The Morgan fingerprint density at radius 3 is 2.59 bits per heavy atom. The highest BCUT2D eigenvalue weighted by Crippen LogP contribution is 2.38. The number of amides is 1. The minimum atomic E-state index is -0.641. The number of H-pyrrole nitrogens is 1. The normalized spacial score (nSPS) is 22.2. The van der Waals surface area contributed by atoms with Gasteiger partial charge >= 0.3 is 0 Å². The van der Waals surface area contributed by atoms with Crippen molar-refractivity contribution in [3.05, 3.63) is 71.6 Å². The number of aliphatic hydroxyl groups excluding tert-OH is 1. The molecule has 0 aliphatic carbocycles. The second kappa shape index (κ2) is 8.55. The number of aromatic amines is 1. The zero-order valence-corrected chi connectivity index (χ0v) is 16.1. The van der Waals surface area contributed by atoms with Crippen LogP contribution in [0.5, 0.6) is 0 Å². The van der Waals surface area contributed by atoms with Crippen molar-refractivity contribution in [2.24, 2.45) is 0 Å². The molecule has 29 heavy (non-hydrogen) atoms. The van der Waals surface area contributed by atoms with E-state index >= 15 is 0 Å². The van der Waals surface area contributed by atoms with E-state index in [0.29, 0.717) is 25.3 Å². The molecule has 1 atom stereocenters. The number of nitrogens with one attached hydrogen (secondary N) is 2. The molecule has 2 aliphatic rings. The Hall–Kier alpha value is -3.03. The third kappa shape index (κ3) is 3.92. The monoisotopic (exact) mass is 395 g/mol. The average Bonchev–Trinajstić information content (AvgIpc) is 3.04.